The SMILES string of the molecule is c1ccc(-c2nc(-c3ccccc3)nc(-c3cc4c5ccccc5sc4c4cc(-c5ccc6ccccc6c5)ccc34)n2)cc1. The first-order valence-electron chi connectivity index (χ1n) is 15.0. The lowest BCUT2D eigenvalue weighted by atomic mass is 9.95. The van der Waals surface area contributed by atoms with Gasteiger partial charge in [-0.3, -0.25) is 0 Å². The zero-order valence-corrected chi connectivity index (χ0v) is 25.0. The lowest BCUT2D eigenvalue weighted by Crippen LogP contribution is -2.00. The third-order valence-corrected chi connectivity index (χ3v) is 9.72. The van der Waals surface area contributed by atoms with E-state index < -0.39 is 0 Å². The van der Waals surface area contributed by atoms with Crippen molar-refractivity contribution in [2.75, 3.05) is 0 Å². The molecule has 0 unspecified atom stereocenters. The van der Waals surface area contributed by atoms with Crippen LogP contribution in [-0.2, 0) is 0 Å². The molecule has 0 N–H and O–H groups in total. The van der Waals surface area contributed by atoms with Gasteiger partial charge in [0, 0.05) is 42.2 Å². The molecule has 45 heavy (non-hydrogen) atoms. The Balaban J connectivity index is 1.34. The molecule has 0 saturated carbocycles. The summed E-state index contributed by atoms with van der Waals surface area (Å²) in [5, 5.41) is 7.28. The van der Waals surface area contributed by atoms with Crippen molar-refractivity contribution in [1.29, 1.82) is 0 Å². The van der Waals surface area contributed by atoms with E-state index in [-0.39, 0.29) is 0 Å². The Labute approximate surface area is 264 Å². The minimum Gasteiger partial charge on any atom is -0.208 e. The van der Waals surface area contributed by atoms with Crippen LogP contribution < -0.4 is 0 Å². The van der Waals surface area contributed by atoms with Gasteiger partial charge in [-0.25, -0.2) is 15.0 Å². The average Bonchev–Trinajstić information content (AvgIpc) is 3.50. The third-order valence-electron chi connectivity index (χ3n) is 8.50. The zero-order valence-electron chi connectivity index (χ0n) is 24.2. The summed E-state index contributed by atoms with van der Waals surface area (Å²) in [7, 11) is 0. The van der Waals surface area contributed by atoms with E-state index in [1.165, 1.54) is 47.5 Å². The first-order valence-corrected chi connectivity index (χ1v) is 15.8. The van der Waals surface area contributed by atoms with Gasteiger partial charge in [-0.15, -0.1) is 11.3 Å². The quantitative estimate of drug-likeness (QED) is 0.204. The fraction of sp³-hybridized carbons (Fsp3) is 0. The third kappa shape index (κ3) is 4.46. The Kier molecular flexibility index (Phi) is 6.00. The van der Waals surface area contributed by atoms with E-state index in [4.69, 9.17) is 15.0 Å². The van der Waals surface area contributed by atoms with Crippen LogP contribution in [0.3, 0.4) is 0 Å². The van der Waals surface area contributed by atoms with Crippen LogP contribution in [0.1, 0.15) is 0 Å². The van der Waals surface area contributed by atoms with Crippen molar-refractivity contribution in [1.82, 2.24) is 15.0 Å². The Morgan fingerprint density at radius 1 is 0.356 bits per heavy atom. The van der Waals surface area contributed by atoms with E-state index in [9.17, 15) is 0 Å². The van der Waals surface area contributed by atoms with E-state index in [1.807, 2.05) is 47.7 Å². The summed E-state index contributed by atoms with van der Waals surface area (Å²) in [6.45, 7) is 0. The number of rotatable bonds is 4. The van der Waals surface area contributed by atoms with Gasteiger partial charge in [0.2, 0.25) is 0 Å². The number of hydrogen-bond acceptors (Lipinski definition) is 4. The van der Waals surface area contributed by atoms with Crippen molar-refractivity contribution in [3.05, 3.63) is 152 Å². The average molecular weight is 592 g/mol. The van der Waals surface area contributed by atoms with Crippen molar-refractivity contribution in [2.45, 2.75) is 0 Å². The van der Waals surface area contributed by atoms with Gasteiger partial charge in [-0.05, 0) is 51.6 Å². The minimum atomic E-state index is 0.663. The topological polar surface area (TPSA) is 38.7 Å². The van der Waals surface area contributed by atoms with Gasteiger partial charge < -0.3 is 0 Å². The monoisotopic (exact) mass is 591 g/mol. The summed E-state index contributed by atoms with van der Waals surface area (Å²) in [5.74, 6) is 2.00. The number of hydrogen-bond donors (Lipinski definition) is 0. The summed E-state index contributed by atoms with van der Waals surface area (Å²) in [6, 6.07) is 53.3. The van der Waals surface area contributed by atoms with Crippen LogP contribution in [-0.4, -0.2) is 15.0 Å². The molecule has 3 nitrogen and oxygen atoms in total. The summed E-state index contributed by atoms with van der Waals surface area (Å²) in [6.07, 6.45) is 0. The predicted molar refractivity (Wildman–Crippen MR) is 189 cm³/mol. The number of nitrogens with zero attached hydrogens (tertiary/aromatic N) is 3. The molecular formula is C41H25N3S. The van der Waals surface area contributed by atoms with Gasteiger partial charge in [0.05, 0.1) is 0 Å². The number of benzene rings is 7. The lowest BCUT2D eigenvalue weighted by molar-refractivity contribution is 1.08. The van der Waals surface area contributed by atoms with Crippen LogP contribution >= 0.6 is 11.3 Å². The fourth-order valence-corrected chi connectivity index (χ4v) is 7.47. The molecule has 0 aliphatic carbocycles. The van der Waals surface area contributed by atoms with Crippen molar-refractivity contribution in [3.8, 4) is 45.3 Å². The minimum absolute atomic E-state index is 0.663. The molecule has 0 radical (unpaired) electrons. The summed E-state index contributed by atoms with van der Waals surface area (Å²) in [5.41, 5.74) is 5.32. The summed E-state index contributed by atoms with van der Waals surface area (Å²) < 4.78 is 2.55. The molecule has 2 heterocycles. The van der Waals surface area contributed by atoms with E-state index >= 15 is 0 Å². The summed E-state index contributed by atoms with van der Waals surface area (Å²) in [4.78, 5) is 15.2. The predicted octanol–water partition coefficient (Wildman–Crippen LogP) is 11.2. The van der Waals surface area contributed by atoms with Gasteiger partial charge in [0.25, 0.3) is 0 Å². The molecule has 210 valence electrons. The van der Waals surface area contributed by atoms with E-state index in [0.29, 0.717) is 17.5 Å². The van der Waals surface area contributed by atoms with Crippen LogP contribution in [0, 0.1) is 0 Å². The first-order chi connectivity index (χ1) is 22.3. The highest BCUT2D eigenvalue weighted by molar-refractivity contribution is 7.26. The van der Waals surface area contributed by atoms with Crippen molar-refractivity contribution in [3.63, 3.8) is 0 Å². The van der Waals surface area contributed by atoms with E-state index in [1.54, 1.807) is 0 Å². The van der Waals surface area contributed by atoms with E-state index in [0.717, 1.165) is 22.1 Å². The molecule has 9 rings (SSSR count). The molecule has 9 aromatic rings. The molecule has 0 spiro atoms. The van der Waals surface area contributed by atoms with Crippen LogP contribution in [0.15, 0.2) is 152 Å². The van der Waals surface area contributed by atoms with Crippen LogP contribution in [0.4, 0.5) is 0 Å². The number of aromatic nitrogens is 3. The zero-order chi connectivity index (χ0) is 29.7. The molecule has 4 heteroatoms. The normalized spacial score (nSPS) is 11.6. The van der Waals surface area contributed by atoms with Gasteiger partial charge in [0.1, 0.15) is 0 Å². The second kappa shape index (κ2) is 10.5. The number of fused-ring (bicyclic) bond motifs is 6. The highest BCUT2D eigenvalue weighted by Gasteiger charge is 2.18. The fourth-order valence-electron chi connectivity index (χ4n) is 6.26. The smallest absolute Gasteiger partial charge is 0.164 e. The Hall–Kier alpha value is -5.71. The molecule has 0 amide bonds. The Morgan fingerprint density at radius 3 is 1.69 bits per heavy atom. The highest BCUT2D eigenvalue weighted by atomic mass is 32.1. The molecule has 0 bridgehead atoms. The number of thiophene rings is 1. The van der Waals surface area contributed by atoms with Gasteiger partial charge in [0.15, 0.2) is 17.5 Å². The van der Waals surface area contributed by atoms with Gasteiger partial charge in [-0.2, -0.15) is 0 Å². The van der Waals surface area contributed by atoms with Crippen molar-refractivity contribution in [2.24, 2.45) is 0 Å². The van der Waals surface area contributed by atoms with Crippen molar-refractivity contribution >= 4 is 53.1 Å². The molecule has 0 saturated heterocycles. The van der Waals surface area contributed by atoms with Gasteiger partial charge >= 0.3 is 0 Å². The standard InChI is InChI=1S/C41H25N3S/c1-3-12-27(13-4-1)39-42-40(28-14-5-2-6-15-28)44-41(43-39)36-25-35-33-17-9-10-18-37(33)45-38(35)34-24-31(21-22-32(34)36)30-20-19-26-11-7-8-16-29(26)23-30/h1-25H. The maximum absolute atomic E-state index is 5.12. The molecule has 0 atom stereocenters. The summed E-state index contributed by atoms with van der Waals surface area (Å²) >= 11 is 1.85. The second-order valence-electron chi connectivity index (χ2n) is 11.3. The molecule has 0 fully saturated rings. The van der Waals surface area contributed by atoms with Crippen molar-refractivity contribution < 1.29 is 0 Å². The molecule has 0 aliphatic rings. The Bertz CT molecular complexity index is 2480. The van der Waals surface area contributed by atoms with Crippen LogP contribution in [0.5, 0.6) is 0 Å². The highest BCUT2D eigenvalue weighted by Crippen LogP contribution is 2.43. The molecule has 2 aromatic heterocycles. The van der Waals surface area contributed by atoms with Gasteiger partial charge in [-0.1, -0.05) is 127 Å². The molecule has 7 aromatic carbocycles. The molecule has 0 aliphatic heterocycles. The maximum atomic E-state index is 5.12. The van der Waals surface area contributed by atoms with Crippen LogP contribution in [0.25, 0.3) is 87.0 Å². The largest absolute Gasteiger partial charge is 0.208 e. The first kappa shape index (κ1) is 25.8. The van der Waals surface area contributed by atoms with E-state index in [2.05, 4.69) is 115 Å². The van der Waals surface area contributed by atoms with Crippen LogP contribution in [0.2, 0.25) is 0 Å². The second-order valence-corrected chi connectivity index (χ2v) is 12.3. The molecular weight excluding hydrogens is 567 g/mol. The Morgan fingerprint density at radius 2 is 0.933 bits per heavy atom. The lowest BCUT2D eigenvalue weighted by Gasteiger charge is -2.13. The maximum Gasteiger partial charge on any atom is 0.164 e.